The van der Waals surface area contributed by atoms with Gasteiger partial charge in [-0.15, -0.1) is 0 Å². The second-order valence-corrected chi connectivity index (χ2v) is 4.91. The second-order valence-electron chi connectivity index (χ2n) is 4.91. The van der Waals surface area contributed by atoms with E-state index in [1.54, 1.807) is 0 Å². The van der Waals surface area contributed by atoms with Gasteiger partial charge in [0.15, 0.2) is 0 Å². The molecule has 4 heteroatoms. The molecule has 0 spiro atoms. The Labute approximate surface area is 96.8 Å². The van der Waals surface area contributed by atoms with Crippen molar-refractivity contribution in [3.8, 4) is 6.07 Å². The summed E-state index contributed by atoms with van der Waals surface area (Å²) in [6.07, 6.45) is 3.56. The number of carbonyl (C=O) groups is 1. The third-order valence-corrected chi connectivity index (χ3v) is 3.93. The van der Waals surface area contributed by atoms with Crippen molar-refractivity contribution < 1.29 is 4.79 Å². The molecule has 0 saturated carbocycles. The topological polar surface area (TPSA) is 47.3 Å². The van der Waals surface area contributed by atoms with Crippen LogP contribution in [0.5, 0.6) is 0 Å². The highest BCUT2D eigenvalue weighted by Crippen LogP contribution is 2.29. The first-order valence-electron chi connectivity index (χ1n) is 6.07. The number of nitrogens with zero attached hydrogens (tertiary/aromatic N) is 3. The van der Waals surface area contributed by atoms with E-state index in [4.69, 9.17) is 5.26 Å². The van der Waals surface area contributed by atoms with Crippen molar-refractivity contribution in [1.82, 2.24) is 9.80 Å². The molecule has 2 rings (SSSR count). The summed E-state index contributed by atoms with van der Waals surface area (Å²) in [5, 5.41) is 8.54. The molecule has 0 N–H and O–H groups in total. The first-order chi connectivity index (χ1) is 7.72. The maximum Gasteiger partial charge on any atom is 0.236 e. The van der Waals surface area contributed by atoms with Crippen molar-refractivity contribution in [2.45, 2.75) is 31.7 Å². The lowest BCUT2D eigenvalue weighted by atomic mass is 9.84. The number of fused-ring (bicyclic) bond motifs is 1. The van der Waals surface area contributed by atoms with Crippen LogP contribution in [-0.4, -0.2) is 48.4 Å². The summed E-state index contributed by atoms with van der Waals surface area (Å²) in [6, 6.07) is 2.60. The third-order valence-electron chi connectivity index (χ3n) is 3.93. The number of carbonyl (C=O) groups excluding carboxylic acids is 1. The molecule has 0 bridgehead atoms. The summed E-state index contributed by atoms with van der Waals surface area (Å²) in [7, 11) is 2.18. The number of amides is 1. The van der Waals surface area contributed by atoms with Crippen molar-refractivity contribution in [3.05, 3.63) is 0 Å². The summed E-state index contributed by atoms with van der Waals surface area (Å²) < 4.78 is 0. The number of piperidine rings is 2. The van der Waals surface area contributed by atoms with E-state index in [1.165, 1.54) is 19.4 Å². The summed E-state index contributed by atoms with van der Waals surface area (Å²) >= 11 is 0. The van der Waals surface area contributed by atoms with E-state index in [0.29, 0.717) is 12.0 Å². The maximum atomic E-state index is 11.6. The average molecular weight is 221 g/mol. The van der Waals surface area contributed by atoms with Crippen LogP contribution in [0.25, 0.3) is 0 Å². The largest absolute Gasteiger partial charge is 0.341 e. The Morgan fingerprint density at radius 1 is 1.44 bits per heavy atom. The quantitative estimate of drug-likeness (QED) is 0.659. The summed E-state index contributed by atoms with van der Waals surface area (Å²) in [5.74, 6) is 0.629. The predicted molar refractivity (Wildman–Crippen MR) is 60.6 cm³/mol. The smallest absolute Gasteiger partial charge is 0.236 e. The Hall–Kier alpha value is -1.08. The van der Waals surface area contributed by atoms with Gasteiger partial charge in [-0.1, -0.05) is 0 Å². The Morgan fingerprint density at radius 2 is 2.25 bits per heavy atom. The first kappa shape index (κ1) is 11.4. The van der Waals surface area contributed by atoms with Gasteiger partial charge in [-0.25, -0.2) is 0 Å². The molecule has 2 aliphatic heterocycles. The van der Waals surface area contributed by atoms with Crippen LogP contribution in [-0.2, 0) is 4.79 Å². The zero-order valence-electron chi connectivity index (χ0n) is 9.85. The van der Waals surface area contributed by atoms with Gasteiger partial charge in [0.2, 0.25) is 5.91 Å². The van der Waals surface area contributed by atoms with Crippen molar-refractivity contribution in [2.75, 3.05) is 26.7 Å². The minimum Gasteiger partial charge on any atom is -0.341 e. The Balaban J connectivity index is 1.95. The van der Waals surface area contributed by atoms with E-state index >= 15 is 0 Å². The number of likely N-dealkylation sites (tertiary alicyclic amines) is 2. The molecule has 2 aliphatic rings. The molecule has 0 aromatic rings. The number of hydrogen-bond acceptors (Lipinski definition) is 3. The van der Waals surface area contributed by atoms with E-state index in [1.807, 2.05) is 11.0 Å². The fraction of sp³-hybridized carbons (Fsp3) is 0.833. The molecule has 2 unspecified atom stereocenters. The lowest BCUT2D eigenvalue weighted by Gasteiger charge is -2.45. The van der Waals surface area contributed by atoms with Gasteiger partial charge < -0.3 is 9.80 Å². The highest BCUT2D eigenvalue weighted by molar-refractivity contribution is 5.78. The molecule has 2 fully saturated rings. The Morgan fingerprint density at radius 3 is 3.00 bits per heavy atom. The van der Waals surface area contributed by atoms with Crippen LogP contribution < -0.4 is 0 Å². The minimum atomic E-state index is 0.00850. The zero-order chi connectivity index (χ0) is 11.5. The van der Waals surface area contributed by atoms with Crippen LogP contribution in [0.4, 0.5) is 0 Å². The van der Waals surface area contributed by atoms with Crippen LogP contribution in [0.2, 0.25) is 0 Å². The predicted octanol–water partition coefficient (Wildman–Crippen LogP) is 0.843. The van der Waals surface area contributed by atoms with Crippen molar-refractivity contribution >= 4 is 5.91 Å². The summed E-state index contributed by atoms with van der Waals surface area (Å²) in [5.41, 5.74) is 0. The standard InChI is InChI=1S/C12H19N3O/c1-14-7-2-3-10-9-15(8-5-11(10)14)12(16)4-6-13/h10-11H,2-5,7-9H2,1H3. The molecule has 1 amide bonds. The van der Waals surface area contributed by atoms with Gasteiger partial charge >= 0.3 is 0 Å². The molecule has 88 valence electrons. The van der Waals surface area contributed by atoms with Crippen LogP contribution in [0.15, 0.2) is 0 Å². The van der Waals surface area contributed by atoms with Gasteiger partial charge in [-0.3, -0.25) is 4.79 Å². The van der Waals surface area contributed by atoms with Crippen molar-refractivity contribution in [2.24, 2.45) is 5.92 Å². The van der Waals surface area contributed by atoms with E-state index in [0.717, 1.165) is 19.5 Å². The molecule has 0 aliphatic carbocycles. The van der Waals surface area contributed by atoms with Gasteiger partial charge in [0.25, 0.3) is 0 Å². The molecule has 16 heavy (non-hydrogen) atoms. The zero-order valence-corrected chi connectivity index (χ0v) is 9.85. The molecule has 0 aromatic carbocycles. The van der Waals surface area contributed by atoms with Crippen molar-refractivity contribution in [3.63, 3.8) is 0 Å². The van der Waals surface area contributed by atoms with Gasteiger partial charge in [-0.05, 0) is 38.8 Å². The molecule has 2 heterocycles. The SMILES string of the molecule is CN1CCCC2CN(C(=O)CC#N)CCC21. The van der Waals surface area contributed by atoms with Crippen LogP contribution in [0, 0.1) is 17.2 Å². The fourth-order valence-electron chi connectivity index (χ4n) is 3.06. The Bertz CT molecular complexity index is 310. The van der Waals surface area contributed by atoms with E-state index < -0.39 is 0 Å². The van der Waals surface area contributed by atoms with Crippen LogP contribution >= 0.6 is 0 Å². The molecular weight excluding hydrogens is 202 g/mol. The molecule has 2 atom stereocenters. The highest BCUT2D eigenvalue weighted by atomic mass is 16.2. The Kier molecular flexibility index (Phi) is 3.45. The van der Waals surface area contributed by atoms with E-state index in [-0.39, 0.29) is 12.3 Å². The third kappa shape index (κ3) is 2.19. The fourth-order valence-corrected chi connectivity index (χ4v) is 3.06. The monoisotopic (exact) mass is 221 g/mol. The summed E-state index contributed by atoms with van der Waals surface area (Å²) in [4.78, 5) is 16.0. The van der Waals surface area contributed by atoms with Gasteiger partial charge in [0.1, 0.15) is 6.42 Å². The lowest BCUT2D eigenvalue weighted by Crippen LogP contribution is -2.53. The number of nitriles is 1. The minimum absolute atomic E-state index is 0.00850. The first-order valence-corrected chi connectivity index (χ1v) is 6.07. The molecule has 4 nitrogen and oxygen atoms in total. The van der Waals surface area contributed by atoms with Crippen molar-refractivity contribution in [1.29, 1.82) is 5.26 Å². The van der Waals surface area contributed by atoms with Gasteiger partial charge in [-0.2, -0.15) is 5.26 Å². The lowest BCUT2D eigenvalue weighted by molar-refractivity contribution is -0.133. The molecule has 2 saturated heterocycles. The number of hydrogen-bond donors (Lipinski definition) is 0. The van der Waals surface area contributed by atoms with Crippen LogP contribution in [0.3, 0.4) is 0 Å². The van der Waals surface area contributed by atoms with Gasteiger partial charge in [0, 0.05) is 19.1 Å². The van der Waals surface area contributed by atoms with E-state index in [2.05, 4.69) is 11.9 Å². The van der Waals surface area contributed by atoms with Gasteiger partial charge in [0.05, 0.1) is 6.07 Å². The number of rotatable bonds is 1. The second kappa shape index (κ2) is 4.84. The molecular formula is C12H19N3O. The van der Waals surface area contributed by atoms with E-state index in [9.17, 15) is 4.79 Å². The molecule has 0 aromatic heterocycles. The normalized spacial score (nSPS) is 30.6. The maximum absolute atomic E-state index is 11.6. The van der Waals surface area contributed by atoms with Crippen LogP contribution in [0.1, 0.15) is 25.7 Å². The summed E-state index contributed by atoms with van der Waals surface area (Å²) in [6.45, 7) is 2.87. The average Bonchev–Trinajstić information content (AvgIpc) is 2.29. The highest BCUT2D eigenvalue weighted by Gasteiger charge is 2.35. The molecule has 0 radical (unpaired) electrons.